The molecule has 0 saturated heterocycles. The lowest BCUT2D eigenvalue weighted by atomic mass is 10.2. The molecule has 2 heterocycles. The zero-order chi connectivity index (χ0) is 13.2. The van der Waals surface area contributed by atoms with Crippen molar-refractivity contribution in [1.82, 2.24) is 9.97 Å². The molecule has 0 aliphatic rings. The van der Waals surface area contributed by atoms with Gasteiger partial charge in [-0.2, -0.15) is 13.2 Å². The molecule has 3 nitrogen and oxygen atoms in total. The third kappa shape index (κ3) is 3.19. The Morgan fingerprint density at radius 2 is 1.89 bits per heavy atom. The van der Waals surface area contributed by atoms with Gasteiger partial charge in [0, 0.05) is 12.3 Å². The third-order valence-electron chi connectivity index (χ3n) is 1.98. The normalized spacial score (nSPS) is 11.3. The lowest BCUT2D eigenvalue weighted by molar-refractivity contribution is -0.137. The number of aromatic nitrogens is 2. The number of alkyl halides is 3. The molecule has 0 aliphatic carbocycles. The van der Waals surface area contributed by atoms with Gasteiger partial charge >= 0.3 is 6.18 Å². The summed E-state index contributed by atoms with van der Waals surface area (Å²) < 4.78 is 43.2. The van der Waals surface area contributed by atoms with Crippen LogP contribution >= 0.6 is 15.9 Å². The smallest absolute Gasteiger partial charge is 0.416 e. The fraction of sp³-hybridized carbons (Fsp3) is 0.0909. The van der Waals surface area contributed by atoms with Crippen molar-refractivity contribution in [3.05, 3.63) is 46.8 Å². The number of hydrogen-bond acceptors (Lipinski definition) is 3. The summed E-state index contributed by atoms with van der Waals surface area (Å²) in [6, 6.07) is 4.90. The molecule has 0 aromatic carbocycles. The zero-order valence-corrected chi connectivity index (χ0v) is 10.4. The number of halogens is 4. The molecule has 94 valence electrons. The van der Waals surface area contributed by atoms with E-state index in [1.54, 1.807) is 12.1 Å². The number of ether oxygens (including phenoxy) is 1. The Morgan fingerprint density at radius 3 is 2.50 bits per heavy atom. The van der Waals surface area contributed by atoms with Gasteiger partial charge in [-0.25, -0.2) is 9.97 Å². The predicted octanol–water partition coefficient (Wildman–Crippen LogP) is 4.05. The van der Waals surface area contributed by atoms with E-state index >= 15 is 0 Å². The third-order valence-corrected chi connectivity index (χ3v) is 2.45. The van der Waals surface area contributed by atoms with Crippen LogP contribution in [0.15, 0.2) is 41.3 Å². The van der Waals surface area contributed by atoms with Crippen LogP contribution in [-0.2, 0) is 6.18 Å². The van der Waals surface area contributed by atoms with E-state index in [2.05, 4.69) is 25.9 Å². The second-order valence-electron chi connectivity index (χ2n) is 3.30. The standard InChI is InChI=1S/C11H6BrF3N2O/c12-9-2-1-8(6-17-9)18-10-5-7(3-4-16-10)11(13,14)15/h1-6H. The molecular formula is C11H6BrF3N2O. The Kier molecular flexibility index (Phi) is 3.51. The van der Waals surface area contributed by atoms with Crippen molar-refractivity contribution in [1.29, 1.82) is 0 Å². The van der Waals surface area contributed by atoms with Crippen LogP contribution in [0.25, 0.3) is 0 Å². The highest BCUT2D eigenvalue weighted by Gasteiger charge is 2.30. The van der Waals surface area contributed by atoms with Crippen LogP contribution in [0, 0.1) is 0 Å². The maximum absolute atomic E-state index is 12.5. The highest BCUT2D eigenvalue weighted by molar-refractivity contribution is 9.10. The number of nitrogens with zero attached hydrogens (tertiary/aromatic N) is 2. The number of pyridine rings is 2. The van der Waals surface area contributed by atoms with Crippen molar-refractivity contribution >= 4 is 15.9 Å². The second kappa shape index (κ2) is 4.93. The van der Waals surface area contributed by atoms with Crippen molar-refractivity contribution in [2.24, 2.45) is 0 Å². The summed E-state index contributed by atoms with van der Waals surface area (Å²) in [6.07, 6.45) is -1.99. The van der Waals surface area contributed by atoms with E-state index in [-0.39, 0.29) is 5.88 Å². The highest BCUT2D eigenvalue weighted by atomic mass is 79.9. The molecular weight excluding hydrogens is 313 g/mol. The first-order valence-electron chi connectivity index (χ1n) is 4.78. The van der Waals surface area contributed by atoms with E-state index < -0.39 is 11.7 Å². The van der Waals surface area contributed by atoms with Gasteiger partial charge in [-0.15, -0.1) is 0 Å². The zero-order valence-electron chi connectivity index (χ0n) is 8.78. The minimum Gasteiger partial charge on any atom is -0.437 e. The lowest BCUT2D eigenvalue weighted by Crippen LogP contribution is -2.05. The number of rotatable bonds is 2. The van der Waals surface area contributed by atoms with Gasteiger partial charge in [-0.3, -0.25) is 0 Å². The van der Waals surface area contributed by atoms with Crippen LogP contribution < -0.4 is 4.74 Å². The lowest BCUT2D eigenvalue weighted by Gasteiger charge is -2.08. The Bertz CT molecular complexity index is 543. The molecule has 0 unspecified atom stereocenters. The maximum Gasteiger partial charge on any atom is 0.416 e. The average Bonchev–Trinajstić information content (AvgIpc) is 2.31. The van der Waals surface area contributed by atoms with E-state index in [0.29, 0.717) is 10.4 Å². The van der Waals surface area contributed by atoms with Crippen LogP contribution in [0.1, 0.15) is 5.56 Å². The molecule has 0 bridgehead atoms. The molecule has 0 amide bonds. The van der Waals surface area contributed by atoms with E-state index in [1.165, 1.54) is 6.20 Å². The van der Waals surface area contributed by atoms with Crippen LogP contribution in [0.2, 0.25) is 0 Å². The average molecular weight is 319 g/mol. The molecule has 0 aliphatic heterocycles. The summed E-state index contributed by atoms with van der Waals surface area (Å²) in [6.45, 7) is 0. The van der Waals surface area contributed by atoms with Crippen molar-refractivity contribution in [2.75, 3.05) is 0 Å². The topological polar surface area (TPSA) is 35.0 Å². The molecule has 0 N–H and O–H groups in total. The fourth-order valence-electron chi connectivity index (χ4n) is 1.18. The summed E-state index contributed by atoms with van der Waals surface area (Å²) in [4.78, 5) is 7.60. The van der Waals surface area contributed by atoms with Crippen molar-refractivity contribution in [2.45, 2.75) is 6.18 Å². The first-order chi connectivity index (χ1) is 8.45. The van der Waals surface area contributed by atoms with Crippen molar-refractivity contribution in [3.8, 4) is 11.6 Å². The summed E-state index contributed by atoms with van der Waals surface area (Å²) in [5.41, 5.74) is -0.808. The van der Waals surface area contributed by atoms with Crippen LogP contribution in [0.4, 0.5) is 13.2 Å². The van der Waals surface area contributed by atoms with Gasteiger partial charge in [0.1, 0.15) is 10.4 Å². The monoisotopic (exact) mass is 318 g/mol. The Labute approximate surface area is 109 Å². The van der Waals surface area contributed by atoms with Crippen LogP contribution in [0.5, 0.6) is 11.6 Å². The Hall–Kier alpha value is -1.63. The first kappa shape index (κ1) is 12.8. The minimum absolute atomic E-state index is 0.131. The molecule has 0 radical (unpaired) electrons. The summed E-state index contributed by atoms with van der Waals surface area (Å²) in [7, 11) is 0. The number of hydrogen-bond donors (Lipinski definition) is 0. The molecule has 0 saturated carbocycles. The summed E-state index contributed by atoms with van der Waals surface area (Å²) in [5.74, 6) is 0.180. The molecule has 2 aromatic rings. The Balaban J connectivity index is 2.22. The predicted molar refractivity (Wildman–Crippen MR) is 61.3 cm³/mol. The van der Waals surface area contributed by atoms with Gasteiger partial charge in [0.05, 0.1) is 11.8 Å². The Morgan fingerprint density at radius 1 is 1.11 bits per heavy atom. The van der Waals surface area contributed by atoms with Gasteiger partial charge in [-0.05, 0) is 34.1 Å². The van der Waals surface area contributed by atoms with Gasteiger partial charge in [0.2, 0.25) is 5.88 Å². The van der Waals surface area contributed by atoms with Crippen LogP contribution in [-0.4, -0.2) is 9.97 Å². The first-order valence-corrected chi connectivity index (χ1v) is 5.57. The molecule has 18 heavy (non-hydrogen) atoms. The van der Waals surface area contributed by atoms with Gasteiger partial charge in [0.15, 0.2) is 0 Å². The van der Waals surface area contributed by atoms with E-state index in [0.717, 1.165) is 18.3 Å². The van der Waals surface area contributed by atoms with E-state index in [9.17, 15) is 13.2 Å². The molecule has 0 spiro atoms. The molecule has 0 atom stereocenters. The molecule has 7 heteroatoms. The van der Waals surface area contributed by atoms with Gasteiger partial charge in [0.25, 0.3) is 0 Å². The summed E-state index contributed by atoms with van der Waals surface area (Å²) >= 11 is 3.14. The summed E-state index contributed by atoms with van der Waals surface area (Å²) in [5, 5.41) is 0. The highest BCUT2D eigenvalue weighted by Crippen LogP contribution is 2.31. The second-order valence-corrected chi connectivity index (χ2v) is 4.11. The maximum atomic E-state index is 12.5. The molecule has 2 aromatic heterocycles. The molecule has 2 rings (SSSR count). The fourth-order valence-corrected chi connectivity index (χ4v) is 1.42. The minimum atomic E-state index is -4.42. The molecule has 0 fully saturated rings. The largest absolute Gasteiger partial charge is 0.437 e. The van der Waals surface area contributed by atoms with E-state index in [4.69, 9.17) is 4.74 Å². The van der Waals surface area contributed by atoms with Crippen molar-refractivity contribution < 1.29 is 17.9 Å². The van der Waals surface area contributed by atoms with E-state index in [1.807, 2.05) is 0 Å². The van der Waals surface area contributed by atoms with Crippen LogP contribution in [0.3, 0.4) is 0 Å². The SMILES string of the molecule is FC(F)(F)c1ccnc(Oc2ccc(Br)nc2)c1. The van der Waals surface area contributed by atoms with Gasteiger partial charge < -0.3 is 4.74 Å². The van der Waals surface area contributed by atoms with Gasteiger partial charge in [-0.1, -0.05) is 0 Å². The quantitative estimate of drug-likeness (QED) is 0.783. The van der Waals surface area contributed by atoms with Crippen molar-refractivity contribution in [3.63, 3.8) is 0 Å².